The molecular weight excluding hydrogens is 349 g/mol. The maximum atomic E-state index is 12.8. The molecule has 2 heterocycles. The molecule has 0 unspecified atom stereocenters. The van der Waals surface area contributed by atoms with Gasteiger partial charge in [-0.3, -0.25) is 9.59 Å². The van der Waals surface area contributed by atoms with Gasteiger partial charge in [0, 0.05) is 12.7 Å². The van der Waals surface area contributed by atoms with Gasteiger partial charge in [0.2, 0.25) is 5.91 Å². The number of amides is 2. The topological polar surface area (TPSA) is 81.2 Å². The average Bonchev–Trinajstić information content (AvgIpc) is 3.21. The minimum absolute atomic E-state index is 0.0387. The molecule has 1 aliphatic rings. The second kappa shape index (κ2) is 6.15. The molecule has 1 aromatic heterocycles. The predicted molar refractivity (Wildman–Crippen MR) is 86.4 cm³/mol. The summed E-state index contributed by atoms with van der Waals surface area (Å²) in [6.45, 7) is 1.97. The van der Waals surface area contributed by atoms with E-state index in [-0.39, 0.29) is 11.4 Å². The lowest BCUT2D eigenvalue weighted by atomic mass is 9.98. The molecule has 1 aromatic carbocycles. The molecule has 2 aromatic rings. The standard InChI is InChI=1S/C17H17F3N4O2/c1-16(15(21)26)7-3-8-23(16)14(25)13-6-9-24(22-13)12-5-2-4-11(10-12)17(18,19)20/h2,4-6,9-10H,3,7-8H2,1H3,(H2,21,26)/t16-/m0/s1. The summed E-state index contributed by atoms with van der Waals surface area (Å²) < 4.78 is 39.7. The van der Waals surface area contributed by atoms with Crippen molar-refractivity contribution in [1.29, 1.82) is 0 Å². The highest BCUT2D eigenvalue weighted by atomic mass is 19.4. The second-order valence-electron chi connectivity index (χ2n) is 6.39. The van der Waals surface area contributed by atoms with Crippen LogP contribution in [0.3, 0.4) is 0 Å². The van der Waals surface area contributed by atoms with E-state index in [1.54, 1.807) is 6.92 Å². The van der Waals surface area contributed by atoms with Crippen molar-refractivity contribution in [3.05, 3.63) is 47.8 Å². The third kappa shape index (κ3) is 3.04. The van der Waals surface area contributed by atoms with E-state index in [1.807, 2.05) is 0 Å². The molecule has 6 nitrogen and oxygen atoms in total. The summed E-state index contributed by atoms with van der Waals surface area (Å²) >= 11 is 0. The van der Waals surface area contributed by atoms with Gasteiger partial charge in [-0.1, -0.05) is 6.07 Å². The molecule has 1 atom stereocenters. The van der Waals surface area contributed by atoms with E-state index in [0.29, 0.717) is 19.4 Å². The van der Waals surface area contributed by atoms with Gasteiger partial charge in [-0.05, 0) is 44.0 Å². The Kier molecular flexibility index (Phi) is 4.25. The molecule has 1 aliphatic heterocycles. The van der Waals surface area contributed by atoms with Gasteiger partial charge in [0.15, 0.2) is 5.69 Å². The average molecular weight is 366 g/mol. The van der Waals surface area contributed by atoms with Crippen LogP contribution in [-0.4, -0.2) is 38.6 Å². The Labute approximate surface area is 147 Å². The van der Waals surface area contributed by atoms with Gasteiger partial charge in [-0.15, -0.1) is 0 Å². The number of primary amides is 1. The van der Waals surface area contributed by atoms with Crippen LogP contribution in [0.25, 0.3) is 5.69 Å². The number of alkyl halides is 3. The summed E-state index contributed by atoms with van der Waals surface area (Å²) in [4.78, 5) is 25.8. The maximum Gasteiger partial charge on any atom is 0.416 e. The Hall–Kier alpha value is -2.84. The lowest BCUT2D eigenvalue weighted by Gasteiger charge is -2.31. The molecule has 3 rings (SSSR count). The first kappa shape index (κ1) is 18.0. The molecule has 2 N–H and O–H groups in total. The van der Waals surface area contributed by atoms with E-state index in [2.05, 4.69) is 5.10 Å². The minimum atomic E-state index is -4.47. The summed E-state index contributed by atoms with van der Waals surface area (Å²) in [7, 11) is 0. The third-order valence-corrected chi connectivity index (χ3v) is 4.66. The number of hydrogen-bond acceptors (Lipinski definition) is 3. The highest BCUT2D eigenvalue weighted by Gasteiger charge is 2.45. The number of carbonyl (C=O) groups is 2. The molecule has 138 valence electrons. The number of benzene rings is 1. The highest BCUT2D eigenvalue weighted by Crippen LogP contribution is 2.31. The molecule has 0 bridgehead atoms. The minimum Gasteiger partial charge on any atom is -0.368 e. The van der Waals surface area contributed by atoms with Gasteiger partial charge in [0.05, 0.1) is 11.3 Å². The van der Waals surface area contributed by atoms with Crippen molar-refractivity contribution in [2.24, 2.45) is 5.73 Å². The second-order valence-corrected chi connectivity index (χ2v) is 6.39. The van der Waals surface area contributed by atoms with Crippen molar-refractivity contribution in [2.45, 2.75) is 31.5 Å². The van der Waals surface area contributed by atoms with Crippen molar-refractivity contribution in [3.63, 3.8) is 0 Å². The Morgan fingerprint density at radius 2 is 2.00 bits per heavy atom. The zero-order chi connectivity index (χ0) is 19.1. The van der Waals surface area contributed by atoms with E-state index in [1.165, 1.54) is 34.0 Å². The molecule has 0 spiro atoms. The van der Waals surface area contributed by atoms with Gasteiger partial charge in [0.1, 0.15) is 5.54 Å². The van der Waals surface area contributed by atoms with Crippen molar-refractivity contribution in [1.82, 2.24) is 14.7 Å². The van der Waals surface area contributed by atoms with Gasteiger partial charge in [-0.2, -0.15) is 18.3 Å². The summed E-state index contributed by atoms with van der Waals surface area (Å²) in [5.41, 5.74) is 3.75. The Morgan fingerprint density at radius 1 is 1.27 bits per heavy atom. The third-order valence-electron chi connectivity index (χ3n) is 4.66. The van der Waals surface area contributed by atoms with Crippen LogP contribution in [0.1, 0.15) is 35.8 Å². The van der Waals surface area contributed by atoms with E-state index in [9.17, 15) is 22.8 Å². The van der Waals surface area contributed by atoms with Gasteiger partial charge in [0.25, 0.3) is 5.91 Å². The number of aromatic nitrogens is 2. The first-order chi connectivity index (χ1) is 12.1. The lowest BCUT2D eigenvalue weighted by molar-refractivity contribution is -0.137. The molecule has 9 heteroatoms. The van der Waals surface area contributed by atoms with Crippen LogP contribution >= 0.6 is 0 Å². The van der Waals surface area contributed by atoms with E-state index in [0.717, 1.165) is 12.1 Å². The first-order valence-corrected chi connectivity index (χ1v) is 7.98. The predicted octanol–water partition coefficient (Wildman–Crippen LogP) is 2.37. The van der Waals surface area contributed by atoms with Crippen LogP contribution in [0.2, 0.25) is 0 Å². The zero-order valence-corrected chi connectivity index (χ0v) is 14.0. The summed E-state index contributed by atoms with van der Waals surface area (Å²) in [6.07, 6.45) is -1.97. The number of halogens is 3. The fraction of sp³-hybridized carbons (Fsp3) is 0.353. The van der Waals surface area contributed by atoms with Crippen molar-refractivity contribution < 1.29 is 22.8 Å². The van der Waals surface area contributed by atoms with E-state index >= 15 is 0 Å². The molecule has 0 aliphatic carbocycles. The Morgan fingerprint density at radius 3 is 2.65 bits per heavy atom. The number of hydrogen-bond donors (Lipinski definition) is 1. The van der Waals surface area contributed by atoms with Crippen LogP contribution in [0, 0.1) is 0 Å². The smallest absolute Gasteiger partial charge is 0.368 e. The number of nitrogens with two attached hydrogens (primary N) is 1. The zero-order valence-electron chi connectivity index (χ0n) is 14.0. The van der Waals surface area contributed by atoms with Crippen molar-refractivity contribution in [3.8, 4) is 5.69 Å². The normalized spacial score (nSPS) is 20.4. The fourth-order valence-electron chi connectivity index (χ4n) is 3.09. The summed E-state index contributed by atoms with van der Waals surface area (Å²) in [5, 5.41) is 4.08. The fourth-order valence-corrected chi connectivity index (χ4v) is 3.09. The quantitative estimate of drug-likeness (QED) is 0.906. The van der Waals surface area contributed by atoms with Gasteiger partial charge < -0.3 is 10.6 Å². The van der Waals surface area contributed by atoms with Crippen LogP contribution < -0.4 is 5.73 Å². The SMILES string of the molecule is C[C@@]1(C(N)=O)CCCN1C(=O)c1ccn(-c2cccc(C(F)(F)F)c2)n1. The molecule has 1 saturated heterocycles. The van der Waals surface area contributed by atoms with E-state index in [4.69, 9.17) is 5.73 Å². The van der Waals surface area contributed by atoms with Crippen molar-refractivity contribution in [2.75, 3.05) is 6.54 Å². The lowest BCUT2D eigenvalue weighted by Crippen LogP contribution is -2.53. The largest absolute Gasteiger partial charge is 0.416 e. The van der Waals surface area contributed by atoms with Crippen molar-refractivity contribution >= 4 is 11.8 Å². The summed E-state index contributed by atoms with van der Waals surface area (Å²) in [6, 6.07) is 6.04. The van der Waals surface area contributed by atoms with Crippen LogP contribution in [0.15, 0.2) is 36.5 Å². The van der Waals surface area contributed by atoms with Gasteiger partial charge >= 0.3 is 6.18 Å². The molecular formula is C17H17F3N4O2. The molecule has 0 saturated carbocycles. The number of nitrogens with zero attached hydrogens (tertiary/aromatic N) is 3. The van der Waals surface area contributed by atoms with Crippen LogP contribution in [0.4, 0.5) is 13.2 Å². The first-order valence-electron chi connectivity index (χ1n) is 7.98. The van der Waals surface area contributed by atoms with Gasteiger partial charge in [-0.25, -0.2) is 4.68 Å². The molecule has 1 fully saturated rings. The maximum absolute atomic E-state index is 12.8. The number of carbonyl (C=O) groups excluding carboxylic acids is 2. The Balaban J connectivity index is 1.89. The number of likely N-dealkylation sites (tertiary alicyclic amines) is 1. The van der Waals surface area contributed by atoms with Crippen LogP contribution in [0.5, 0.6) is 0 Å². The molecule has 2 amide bonds. The Bertz CT molecular complexity index is 862. The summed E-state index contributed by atoms with van der Waals surface area (Å²) in [5.74, 6) is -1.07. The number of rotatable bonds is 3. The van der Waals surface area contributed by atoms with Crippen LogP contribution in [-0.2, 0) is 11.0 Å². The highest BCUT2D eigenvalue weighted by molar-refractivity contribution is 5.98. The monoisotopic (exact) mass is 366 g/mol. The molecule has 26 heavy (non-hydrogen) atoms. The van der Waals surface area contributed by atoms with E-state index < -0.39 is 29.1 Å². The molecule has 0 radical (unpaired) electrons.